The van der Waals surface area contributed by atoms with Crippen LogP contribution in [0.5, 0.6) is 0 Å². The number of hydrogen-bond donors (Lipinski definition) is 1. The van der Waals surface area contributed by atoms with E-state index in [4.69, 9.17) is 11.6 Å². The second kappa shape index (κ2) is 5.87. The van der Waals surface area contributed by atoms with Gasteiger partial charge in [-0.25, -0.2) is 0 Å². The number of rotatable bonds is 4. The minimum absolute atomic E-state index is 0.0358. The van der Waals surface area contributed by atoms with E-state index in [1.807, 2.05) is 0 Å². The molecule has 0 atom stereocenters. The molecule has 0 aliphatic heterocycles. The quantitative estimate of drug-likeness (QED) is 0.526. The molecule has 0 unspecified atom stereocenters. The van der Waals surface area contributed by atoms with E-state index < -0.39 is 4.92 Å². The molecule has 0 fully saturated rings. The standard InChI is InChI=1S/C11H8ClN5O2/c12-10-5-6-11(16-14-10)15-13-7-8-1-3-9(4-2-8)17(18)19/h1-7H,(H,15,16). The number of hydrazone groups is 1. The maximum atomic E-state index is 10.5. The van der Waals surface area contributed by atoms with Gasteiger partial charge in [0.25, 0.3) is 5.69 Å². The minimum Gasteiger partial charge on any atom is -0.260 e. The molecule has 2 aromatic rings. The molecule has 1 aromatic heterocycles. The molecule has 1 N–H and O–H groups in total. The van der Waals surface area contributed by atoms with Crippen molar-refractivity contribution in [3.05, 3.63) is 57.2 Å². The van der Waals surface area contributed by atoms with Crippen molar-refractivity contribution in [2.24, 2.45) is 5.10 Å². The number of hydrogen-bond acceptors (Lipinski definition) is 6. The summed E-state index contributed by atoms with van der Waals surface area (Å²) in [6, 6.07) is 9.21. The first-order chi connectivity index (χ1) is 9.15. The lowest BCUT2D eigenvalue weighted by atomic mass is 10.2. The first-order valence-corrected chi connectivity index (χ1v) is 5.56. The lowest BCUT2D eigenvalue weighted by Gasteiger charge is -1.97. The zero-order valence-electron chi connectivity index (χ0n) is 9.52. The number of halogens is 1. The van der Waals surface area contributed by atoms with Gasteiger partial charge >= 0.3 is 0 Å². The first kappa shape index (κ1) is 12.9. The van der Waals surface area contributed by atoms with Gasteiger partial charge in [0.2, 0.25) is 0 Å². The van der Waals surface area contributed by atoms with Crippen LogP contribution in [0.2, 0.25) is 5.15 Å². The molecule has 0 saturated carbocycles. The van der Waals surface area contributed by atoms with Crippen LogP contribution in [-0.4, -0.2) is 21.3 Å². The Balaban J connectivity index is 1.98. The van der Waals surface area contributed by atoms with Crippen molar-refractivity contribution in [3.8, 4) is 0 Å². The molecule has 2 rings (SSSR count). The SMILES string of the molecule is O=[N+]([O-])c1ccc(C=NNc2ccc(Cl)nn2)cc1. The number of nitro benzene ring substituents is 1. The van der Waals surface area contributed by atoms with Crippen LogP contribution >= 0.6 is 11.6 Å². The zero-order valence-corrected chi connectivity index (χ0v) is 10.3. The van der Waals surface area contributed by atoms with E-state index in [0.717, 1.165) is 5.56 Å². The fraction of sp³-hybridized carbons (Fsp3) is 0. The van der Waals surface area contributed by atoms with Crippen molar-refractivity contribution >= 4 is 29.3 Å². The van der Waals surface area contributed by atoms with E-state index in [1.165, 1.54) is 18.3 Å². The summed E-state index contributed by atoms with van der Waals surface area (Å²) in [7, 11) is 0. The van der Waals surface area contributed by atoms with Crippen molar-refractivity contribution in [2.45, 2.75) is 0 Å². The van der Waals surface area contributed by atoms with Gasteiger partial charge in [0.15, 0.2) is 11.0 Å². The van der Waals surface area contributed by atoms with Gasteiger partial charge in [0.1, 0.15) is 0 Å². The van der Waals surface area contributed by atoms with Crippen molar-refractivity contribution in [3.63, 3.8) is 0 Å². The third-order valence-corrected chi connectivity index (χ3v) is 2.33. The monoisotopic (exact) mass is 277 g/mol. The van der Waals surface area contributed by atoms with E-state index in [2.05, 4.69) is 20.7 Å². The Kier molecular flexibility index (Phi) is 3.99. The van der Waals surface area contributed by atoms with E-state index in [0.29, 0.717) is 11.0 Å². The highest BCUT2D eigenvalue weighted by Crippen LogP contribution is 2.10. The van der Waals surface area contributed by atoms with E-state index >= 15 is 0 Å². The Bertz CT molecular complexity index is 597. The number of nitrogens with one attached hydrogen (secondary N) is 1. The Labute approximate surface area is 113 Å². The molecule has 8 heteroatoms. The highest BCUT2D eigenvalue weighted by molar-refractivity contribution is 6.29. The zero-order chi connectivity index (χ0) is 13.7. The largest absolute Gasteiger partial charge is 0.269 e. The van der Waals surface area contributed by atoms with Gasteiger partial charge in [-0.05, 0) is 29.8 Å². The second-order valence-electron chi connectivity index (χ2n) is 3.46. The van der Waals surface area contributed by atoms with E-state index in [1.54, 1.807) is 24.3 Å². The third kappa shape index (κ3) is 3.71. The Morgan fingerprint density at radius 1 is 1.21 bits per heavy atom. The molecule has 0 spiro atoms. The van der Waals surface area contributed by atoms with Crippen molar-refractivity contribution in [1.29, 1.82) is 0 Å². The lowest BCUT2D eigenvalue weighted by Crippen LogP contribution is -1.95. The Hall–Kier alpha value is -2.54. The number of anilines is 1. The normalized spacial score (nSPS) is 10.6. The van der Waals surface area contributed by atoms with Crippen molar-refractivity contribution in [2.75, 3.05) is 5.43 Å². The van der Waals surface area contributed by atoms with Gasteiger partial charge in [0.05, 0.1) is 11.1 Å². The maximum Gasteiger partial charge on any atom is 0.269 e. The average Bonchev–Trinajstić information content (AvgIpc) is 2.41. The number of benzene rings is 1. The maximum absolute atomic E-state index is 10.5. The topological polar surface area (TPSA) is 93.3 Å². The molecule has 0 saturated heterocycles. The summed E-state index contributed by atoms with van der Waals surface area (Å²) in [6.45, 7) is 0. The smallest absolute Gasteiger partial charge is 0.260 e. The molecule has 1 aromatic carbocycles. The summed E-state index contributed by atoms with van der Waals surface area (Å²) in [5, 5.41) is 22.1. The highest BCUT2D eigenvalue weighted by Gasteiger charge is 2.02. The molecule has 0 aliphatic carbocycles. The van der Waals surface area contributed by atoms with Crippen LogP contribution < -0.4 is 5.43 Å². The van der Waals surface area contributed by atoms with Crippen molar-refractivity contribution < 1.29 is 4.92 Å². The first-order valence-electron chi connectivity index (χ1n) is 5.18. The molecule has 0 radical (unpaired) electrons. The lowest BCUT2D eigenvalue weighted by molar-refractivity contribution is -0.384. The number of nitro groups is 1. The molecule has 19 heavy (non-hydrogen) atoms. The number of non-ortho nitro benzene ring substituents is 1. The molecular formula is C11H8ClN5O2. The van der Waals surface area contributed by atoms with Crippen LogP contribution in [0.4, 0.5) is 11.5 Å². The predicted octanol–water partition coefficient (Wildman–Crippen LogP) is 2.48. The Morgan fingerprint density at radius 2 is 1.95 bits per heavy atom. The third-order valence-electron chi connectivity index (χ3n) is 2.13. The van der Waals surface area contributed by atoms with Gasteiger partial charge in [-0.2, -0.15) is 5.10 Å². The highest BCUT2D eigenvalue weighted by atomic mass is 35.5. The molecule has 0 bridgehead atoms. The summed E-state index contributed by atoms with van der Waals surface area (Å²) in [6.07, 6.45) is 1.51. The summed E-state index contributed by atoms with van der Waals surface area (Å²) < 4.78 is 0. The summed E-state index contributed by atoms with van der Waals surface area (Å²) in [4.78, 5) is 10.0. The van der Waals surface area contributed by atoms with Gasteiger partial charge in [-0.1, -0.05) is 11.6 Å². The second-order valence-corrected chi connectivity index (χ2v) is 3.85. The van der Waals surface area contributed by atoms with Crippen LogP contribution in [0.15, 0.2) is 41.5 Å². The number of nitrogens with zero attached hydrogens (tertiary/aromatic N) is 4. The van der Waals surface area contributed by atoms with E-state index in [9.17, 15) is 10.1 Å². The molecule has 7 nitrogen and oxygen atoms in total. The Morgan fingerprint density at radius 3 is 2.53 bits per heavy atom. The minimum atomic E-state index is -0.456. The molecule has 0 aliphatic rings. The predicted molar refractivity (Wildman–Crippen MR) is 71.4 cm³/mol. The average molecular weight is 278 g/mol. The summed E-state index contributed by atoms with van der Waals surface area (Å²) in [5.74, 6) is 0.447. The summed E-state index contributed by atoms with van der Waals surface area (Å²) in [5.41, 5.74) is 3.42. The van der Waals surface area contributed by atoms with Crippen LogP contribution in [0.3, 0.4) is 0 Å². The van der Waals surface area contributed by atoms with Crippen LogP contribution in [0.25, 0.3) is 0 Å². The van der Waals surface area contributed by atoms with Gasteiger partial charge in [-0.3, -0.25) is 15.5 Å². The fourth-order valence-corrected chi connectivity index (χ4v) is 1.33. The van der Waals surface area contributed by atoms with E-state index in [-0.39, 0.29) is 5.69 Å². The molecule has 1 heterocycles. The van der Waals surface area contributed by atoms with Crippen molar-refractivity contribution in [1.82, 2.24) is 10.2 Å². The number of aromatic nitrogens is 2. The van der Waals surface area contributed by atoms with Crippen LogP contribution in [-0.2, 0) is 0 Å². The fourth-order valence-electron chi connectivity index (χ4n) is 1.23. The van der Waals surface area contributed by atoms with Crippen LogP contribution in [0, 0.1) is 10.1 Å². The molecule has 96 valence electrons. The van der Waals surface area contributed by atoms with Gasteiger partial charge in [0, 0.05) is 12.1 Å². The molecular weight excluding hydrogens is 270 g/mol. The van der Waals surface area contributed by atoms with Gasteiger partial charge < -0.3 is 0 Å². The van der Waals surface area contributed by atoms with Crippen LogP contribution in [0.1, 0.15) is 5.56 Å². The summed E-state index contributed by atoms with van der Waals surface area (Å²) >= 11 is 5.59. The van der Waals surface area contributed by atoms with Gasteiger partial charge in [-0.15, -0.1) is 10.2 Å². The molecule has 0 amide bonds.